The topological polar surface area (TPSA) is 43.1 Å². The molecule has 0 bridgehead atoms. The summed E-state index contributed by atoms with van der Waals surface area (Å²) in [7, 11) is 0. The van der Waals surface area contributed by atoms with Crippen LogP contribution >= 0.6 is 0 Å². The molecule has 0 saturated carbocycles. The largest absolute Gasteiger partial charge is 0.324 e. The molecule has 0 aliphatic carbocycles. The molecule has 1 atom stereocenters. The highest BCUT2D eigenvalue weighted by molar-refractivity contribution is 5.50. The van der Waals surface area contributed by atoms with Gasteiger partial charge in [0.05, 0.1) is 0 Å². The third-order valence-electron chi connectivity index (χ3n) is 0.671. The standard InChI is InChI=1S/C5H9NO/c1-2-5(6)3-4-7/h2,4-5H,1,3,6H2. The van der Waals surface area contributed by atoms with E-state index in [0.29, 0.717) is 6.42 Å². The fraction of sp³-hybridized carbons (Fsp3) is 0.400. The first-order valence-corrected chi connectivity index (χ1v) is 2.13. The van der Waals surface area contributed by atoms with E-state index in [0.717, 1.165) is 6.29 Å². The Labute approximate surface area is 43.0 Å². The van der Waals surface area contributed by atoms with E-state index in [1.807, 2.05) is 0 Å². The molecular weight excluding hydrogens is 90.1 g/mol. The lowest BCUT2D eigenvalue weighted by Gasteiger charge is -1.94. The van der Waals surface area contributed by atoms with Crippen LogP contribution in [0, 0.1) is 0 Å². The molecule has 1 unspecified atom stereocenters. The molecule has 0 amide bonds. The summed E-state index contributed by atoms with van der Waals surface area (Å²) in [5.41, 5.74) is 5.23. The molecule has 0 aromatic rings. The highest BCUT2D eigenvalue weighted by atomic mass is 16.1. The van der Waals surface area contributed by atoms with Crippen LogP contribution in [0.25, 0.3) is 0 Å². The van der Waals surface area contributed by atoms with Gasteiger partial charge in [0.2, 0.25) is 0 Å². The highest BCUT2D eigenvalue weighted by Gasteiger charge is 1.89. The Morgan fingerprint density at radius 2 is 2.43 bits per heavy atom. The molecule has 40 valence electrons. The smallest absolute Gasteiger partial charge is 0.121 e. The molecule has 2 heteroatoms. The lowest BCUT2D eigenvalue weighted by Crippen LogP contribution is -2.15. The summed E-state index contributed by atoms with van der Waals surface area (Å²) >= 11 is 0. The van der Waals surface area contributed by atoms with Crippen molar-refractivity contribution in [3.63, 3.8) is 0 Å². The van der Waals surface area contributed by atoms with Crippen LogP contribution in [-0.2, 0) is 4.79 Å². The molecule has 2 N–H and O–H groups in total. The molecular formula is C5H9NO. The average molecular weight is 99.1 g/mol. The van der Waals surface area contributed by atoms with E-state index in [9.17, 15) is 4.79 Å². The van der Waals surface area contributed by atoms with Crippen molar-refractivity contribution in [3.05, 3.63) is 12.7 Å². The van der Waals surface area contributed by atoms with Gasteiger partial charge in [0.25, 0.3) is 0 Å². The molecule has 0 saturated heterocycles. The number of carbonyl (C=O) groups excluding carboxylic acids is 1. The van der Waals surface area contributed by atoms with Gasteiger partial charge in [0, 0.05) is 12.5 Å². The third kappa shape index (κ3) is 3.19. The SMILES string of the molecule is C=CC(N)CC=O. The summed E-state index contributed by atoms with van der Waals surface area (Å²) in [6.45, 7) is 3.40. The number of nitrogens with two attached hydrogens (primary N) is 1. The first kappa shape index (κ1) is 6.37. The van der Waals surface area contributed by atoms with Crippen molar-refractivity contribution in [2.24, 2.45) is 5.73 Å². The van der Waals surface area contributed by atoms with Crippen LogP contribution in [-0.4, -0.2) is 12.3 Å². The summed E-state index contributed by atoms with van der Waals surface area (Å²) < 4.78 is 0. The van der Waals surface area contributed by atoms with Crippen LogP contribution in [0.2, 0.25) is 0 Å². The summed E-state index contributed by atoms with van der Waals surface area (Å²) in [5, 5.41) is 0. The van der Waals surface area contributed by atoms with Crippen molar-refractivity contribution in [1.29, 1.82) is 0 Å². The molecule has 7 heavy (non-hydrogen) atoms. The van der Waals surface area contributed by atoms with Crippen molar-refractivity contribution < 1.29 is 4.79 Å². The molecule has 0 heterocycles. The van der Waals surface area contributed by atoms with Crippen molar-refractivity contribution >= 4 is 6.29 Å². The Bertz CT molecular complexity index is 70.5. The van der Waals surface area contributed by atoms with Crippen molar-refractivity contribution in [3.8, 4) is 0 Å². The second-order valence-electron chi connectivity index (χ2n) is 1.30. The lowest BCUT2D eigenvalue weighted by atomic mass is 10.2. The van der Waals surface area contributed by atoms with Gasteiger partial charge in [-0.15, -0.1) is 6.58 Å². The van der Waals surface area contributed by atoms with Gasteiger partial charge in [-0.1, -0.05) is 6.08 Å². The van der Waals surface area contributed by atoms with Crippen LogP contribution in [0.5, 0.6) is 0 Å². The predicted octanol–water partition coefficient (Wildman–Crippen LogP) is 0.0887. The molecule has 0 aliphatic heterocycles. The Hall–Kier alpha value is -0.630. The summed E-state index contributed by atoms with van der Waals surface area (Å²) in [6.07, 6.45) is 2.71. The predicted molar refractivity (Wildman–Crippen MR) is 28.9 cm³/mol. The van der Waals surface area contributed by atoms with E-state index in [1.54, 1.807) is 6.08 Å². The van der Waals surface area contributed by atoms with Gasteiger partial charge in [0.15, 0.2) is 0 Å². The van der Waals surface area contributed by atoms with Crippen LogP contribution in [0.15, 0.2) is 12.7 Å². The average Bonchev–Trinajstić information content (AvgIpc) is 1.68. The minimum Gasteiger partial charge on any atom is -0.324 e. The molecule has 0 aromatic carbocycles. The first-order valence-electron chi connectivity index (χ1n) is 2.13. The van der Waals surface area contributed by atoms with Gasteiger partial charge in [-0.05, 0) is 0 Å². The molecule has 0 spiro atoms. The molecule has 0 aromatic heterocycles. The Balaban J connectivity index is 3.15. The van der Waals surface area contributed by atoms with E-state index < -0.39 is 0 Å². The maximum Gasteiger partial charge on any atom is 0.121 e. The Kier molecular flexibility index (Phi) is 3.24. The fourth-order valence-corrected chi connectivity index (χ4v) is 0.207. The highest BCUT2D eigenvalue weighted by Crippen LogP contribution is 1.80. The number of aldehydes is 1. The quantitative estimate of drug-likeness (QED) is 0.402. The zero-order valence-electron chi connectivity index (χ0n) is 4.13. The zero-order valence-corrected chi connectivity index (χ0v) is 4.13. The maximum absolute atomic E-state index is 9.65. The van der Waals surface area contributed by atoms with Gasteiger partial charge in [-0.2, -0.15) is 0 Å². The van der Waals surface area contributed by atoms with E-state index in [4.69, 9.17) is 5.73 Å². The Morgan fingerprint density at radius 3 is 2.57 bits per heavy atom. The normalized spacial score (nSPS) is 12.7. The summed E-state index contributed by atoms with van der Waals surface area (Å²) in [5.74, 6) is 0. The summed E-state index contributed by atoms with van der Waals surface area (Å²) in [4.78, 5) is 9.65. The van der Waals surface area contributed by atoms with Gasteiger partial charge < -0.3 is 10.5 Å². The molecule has 0 fully saturated rings. The fourth-order valence-electron chi connectivity index (χ4n) is 0.207. The van der Waals surface area contributed by atoms with Crippen molar-refractivity contribution in [2.45, 2.75) is 12.5 Å². The monoisotopic (exact) mass is 99.1 g/mol. The molecule has 0 rings (SSSR count). The van der Waals surface area contributed by atoms with Crippen molar-refractivity contribution in [2.75, 3.05) is 0 Å². The van der Waals surface area contributed by atoms with Gasteiger partial charge >= 0.3 is 0 Å². The van der Waals surface area contributed by atoms with Gasteiger partial charge in [0.1, 0.15) is 6.29 Å². The van der Waals surface area contributed by atoms with E-state index in [1.165, 1.54) is 0 Å². The van der Waals surface area contributed by atoms with Crippen molar-refractivity contribution in [1.82, 2.24) is 0 Å². The van der Waals surface area contributed by atoms with Crippen LogP contribution in [0.1, 0.15) is 6.42 Å². The number of rotatable bonds is 3. The zero-order chi connectivity index (χ0) is 5.70. The van der Waals surface area contributed by atoms with Gasteiger partial charge in [-0.25, -0.2) is 0 Å². The third-order valence-corrected chi connectivity index (χ3v) is 0.671. The number of carbonyl (C=O) groups is 1. The lowest BCUT2D eigenvalue weighted by molar-refractivity contribution is -0.107. The second-order valence-corrected chi connectivity index (χ2v) is 1.30. The molecule has 0 radical (unpaired) electrons. The van der Waals surface area contributed by atoms with E-state index in [2.05, 4.69) is 6.58 Å². The summed E-state index contributed by atoms with van der Waals surface area (Å²) in [6, 6.07) is -0.155. The molecule has 2 nitrogen and oxygen atoms in total. The number of hydrogen-bond acceptors (Lipinski definition) is 2. The van der Waals surface area contributed by atoms with Gasteiger partial charge in [-0.3, -0.25) is 0 Å². The van der Waals surface area contributed by atoms with Crippen LogP contribution in [0.3, 0.4) is 0 Å². The minimum atomic E-state index is -0.155. The minimum absolute atomic E-state index is 0.155. The first-order chi connectivity index (χ1) is 3.31. The van der Waals surface area contributed by atoms with E-state index >= 15 is 0 Å². The molecule has 0 aliphatic rings. The van der Waals surface area contributed by atoms with Crippen LogP contribution < -0.4 is 5.73 Å². The second kappa shape index (κ2) is 3.56. The maximum atomic E-state index is 9.65. The van der Waals surface area contributed by atoms with E-state index in [-0.39, 0.29) is 6.04 Å². The van der Waals surface area contributed by atoms with Crippen LogP contribution in [0.4, 0.5) is 0 Å². The Morgan fingerprint density at radius 1 is 1.86 bits per heavy atom. The number of hydrogen-bond donors (Lipinski definition) is 1.